The van der Waals surface area contributed by atoms with Crippen LogP contribution in [0.15, 0.2) is 42.5 Å². The maximum atomic E-state index is 13.6. The van der Waals surface area contributed by atoms with Gasteiger partial charge >= 0.3 is 6.03 Å². The number of carbonyl (C=O) groups is 2. The standard InChI is InChI=1S/C22H21N3O3/c1-13-6-4-5-7-18(13)25-20(26)22(2)19-15(10-11-24(22)21(25)27)16-12-14(28-3)8-9-17(16)23-19/h4-9,12,23H,10-11H2,1-3H3/t22-/m1/s1. The van der Waals surface area contributed by atoms with Crippen LogP contribution >= 0.6 is 0 Å². The van der Waals surface area contributed by atoms with Crippen molar-refractivity contribution in [3.63, 3.8) is 0 Å². The molecule has 6 nitrogen and oxygen atoms in total. The van der Waals surface area contributed by atoms with Crippen molar-refractivity contribution >= 4 is 28.5 Å². The summed E-state index contributed by atoms with van der Waals surface area (Å²) in [5.74, 6) is 0.559. The number of anilines is 1. The Morgan fingerprint density at radius 2 is 1.93 bits per heavy atom. The fourth-order valence-corrected chi connectivity index (χ4v) is 4.57. The van der Waals surface area contributed by atoms with Gasteiger partial charge in [0.2, 0.25) is 0 Å². The van der Waals surface area contributed by atoms with Gasteiger partial charge in [0.1, 0.15) is 5.75 Å². The van der Waals surface area contributed by atoms with Gasteiger partial charge in [0.05, 0.1) is 18.5 Å². The molecule has 1 atom stereocenters. The number of hydrogen-bond acceptors (Lipinski definition) is 3. The lowest BCUT2D eigenvalue weighted by atomic mass is 9.87. The van der Waals surface area contributed by atoms with Crippen molar-refractivity contribution < 1.29 is 14.3 Å². The van der Waals surface area contributed by atoms with E-state index in [9.17, 15) is 9.59 Å². The predicted molar refractivity (Wildman–Crippen MR) is 107 cm³/mol. The van der Waals surface area contributed by atoms with Crippen LogP contribution in [0.4, 0.5) is 10.5 Å². The van der Waals surface area contributed by atoms with E-state index in [1.165, 1.54) is 4.90 Å². The van der Waals surface area contributed by atoms with Gasteiger partial charge in [0, 0.05) is 17.4 Å². The van der Waals surface area contributed by atoms with Crippen molar-refractivity contribution in [3.05, 3.63) is 59.3 Å². The number of imide groups is 1. The summed E-state index contributed by atoms with van der Waals surface area (Å²) >= 11 is 0. The molecule has 28 heavy (non-hydrogen) atoms. The minimum Gasteiger partial charge on any atom is -0.497 e. The monoisotopic (exact) mass is 375 g/mol. The number of fused-ring (bicyclic) bond motifs is 5. The number of urea groups is 1. The second-order valence-electron chi connectivity index (χ2n) is 7.57. The Labute approximate surface area is 162 Å². The summed E-state index contributed by atoms with van der Waals surface area (Å²) in [6, 6.07) is 13.1. The number of hydrogen-bond donors (Lipinski definition) is 1. The normalized spacial score (nSPS) is 21.2. The molecule has 1 fully saturated rings. The van der Waals surface area contributed by atoms with Crippen LogP contribution in [0.1, 0.15) is 23.7 Å². The SMILES string of the molecule is COc1ccc2[nH]c3c(c2c1)CCN1C(=O)N(c2ccccc2C)C(=O)[C@@]31C. The highest BCUT2D eigenvalue weighted by atomic mass is 16.5. The van der Waals surface area contributed by atoms with Gasteiger partial charge in [-0.05, 0) is 55.7 Å². The topological polar surface area (TPSA) is 65.6 Å². The van der Waals surface area contributed by atoms with Gasteiger partial charge in [0.15, 0.2) is 5.54 Å². The molecule has 1 aromatic heterocycles. The predicted octanol–water partition coefficient (Wildman–Crippen LogP) is 3.73. The van der Waals surface area contributed by atoms with Crippen LogP contribution in [0.2, 0.25) is 0 Å². The number of methoxy groups -OCH3 is 1. The highest BCUT2D eigenvalue weighted by molar-refractivity contribution is 6.24. The molecule has 2 aliphatic rings. The third-order valence-electron chi connectivity index (χ3n) is 6.12. The molecule has 1 saturated heterocycles. The van der Waals surface area contributed by atoms with E-state index >= 15 is 0 Å². The zero-order chi connectivity index (χ0) is 19.6. The molecule has 0 bridgehead atoms. The molecule has 0 aliphatic carbocycles. The van der Waals surface area contributed by atoms with Gasteiger partial charge in [-0.1, -0.05) is 18.2 Å². The lowest BCUT2D eigenvalue weighted by molar-refractivity contribution is -0.125. The highest BCUT2D eigenvalue weighted by Crippen LogP contribution is 2.45. The molecule has 2 aromatic carbocycles. The lowest BCUT2D eigenvalue weighted by Gasteiger charge is -2.35. The van der Waals surface area contributed by atoms with Crippen molar-refractivity contribution in [1.82, 2.24) is 9.88 Å². The van der Waals surface area contributed by atoms with E-state index in [0.29, 0.717) is 18.7 Å². The lowest BCUT2D eigenvalue weighted by Crippen LogP contribution is -2.49. The number of aryl methyl sites for hydroxylation is 1. The fourth-order valence-electron chi connectivity index (χ4n) is 4.57. The van der Waals surface area contributed by atoms with Crippen molar-refractivity contribution in [2.24, 2.45) is 0 Å². The van der Waals surface area contributed by atoms with Crippen molar-refractivity contribution in [2.45, 2.75) is 25.8 Å². The number of nitrogens with one attached hydrogen (secondary N) is 1. The number of benzene rings is 2. The molecular weight excluding hydrogens is 354 g/mol. The minimum absolute atomic E-state index is 0.216. The van der Waals surface area contributed by atoms with E-state index in [1.54, 1.807) is 12.0 Å². The van der Waals surface area contributed by atoms with Gasteiger partial charge in [-0.15, -0.1) is 0 Å². The first kappa shape index (κ1) is 16.9. The van der Waals surface area contributed by atoms with Crippen LogP contribution in [0, 0.1) is 6.92 Å². The van der Waals surface area contributed by atoms with Crippen molar-refractivity contribution in [1.29, 1.82) is 0 Å². The smallest absolute Gasteiger partial charge is 0.332 e. The van der Waals surface area contributed by atoms with Crippen molar-refractivity contribution in [2.75, 3.05) is 18.6 Å². The minimum atomic E-state index is -1.04. The Hall–Kier alpha value is -3.28. The Morgan fingerprint density at radius 1 is 1.14 bits per heavy atom. The fraction of sp³-hybridized carbons (Fsp3) is 0.273. The number of nitrogens with zero attached hydrogens (tertiary/aromatic N) is 2. The number of ether oxygens (including phenoxy) is 1. The number of para-hydroxylation sites is 1. The molecule has 0 radical (unpaired) electrons. The van der Waals surface area contributed by atoms with Crippen LogP contribution in [-0.2, 0) is 16.8 Å². The molecule has 3 aromatic rings. The van der Waals surface area contributed by atoms with Crippen LogP contribution in [0.25, 0.3) is 10.9 Å². The molecular formula is C22H21N3O3. The molecule has 1 N–H and O–H groups in total. The number of carbonyl (C=O) groups excluding carboxylic acids is 2. The van der Waals surface area contributed by atoms with E-state index in [4.69, 9.17) is 4.74 Å². The molecule has 0 saturated carbocycles. The Kier molecular flexibility index (Phi) is 3.38. The molecule has 3 heterocycles. The molecule has 5 rings (SSSR count). The summed E-state index contributed by atoms with van der Waals surface area (Å²) in [5, 5.41) is 1.05. The number of rotatable bonds is 2. The quantitative estimate of drug-likeness (QED) is 0.694. The van der Waals surface area contributed by atoms with E-state index in [1.807, 2.05) is 56.3 Å². The number of aromatic amines is 1. The summed E-state index contributed by atoms with van der Waals surface area (Å²) in [4.78, 5) is 33.3. The molecule has 3 amide bonds. The zero-order valence-electron chi connectivity index (χ0n) is 16.1. The molecule has 2 aliphatic heterocycles. The second kappa shape index (κ2) is 5.61. The number of amides is 3. The summed E-state index contributed by atoms with van der Waals surface area (Å²) < 4.78 is 5.37. The van der Waals surface area contributed by atoms with Crippen LogP contribution in [0.3, 0.4) is 0 Å². The highest BCUT2D eigenvalue weighted by Gasteiger charge is 2.59. The average Bonchev–Trinajstić information content (AvgIpc) is 3.16. The summed E-state index contributed by atoms with van der Waals surface area (Å²) in [6.45, 7) is 4.26. The van der Waals surface area contributed by atoms with E-state index in [-0.39, 0.29) is 11.9 Å². The number of H-pyrrole nitrogens is 1. The third kappa shape index (κ3) is 1.97. The third-order valence-corrected chi connectivity index (χ3v) is 6.12. The van der Waals surface area contributed by atoms with Crippen LogP contribution in [0.5, 0.6) is 5.75 Å². The first-order valence-corrected chi connectivity index (χ1v) is 9.37. The first-order valence-electron chi connectivity index (χ1n) is 9.37. The largest absolute Gasteiger partial charge is 0.497 e. The Bertz CT molecular complexity index is 1150. The maximum Gasteiger partial charge on any atom is 0.332 e. The number of aromatic nitrogens is 1. The van der Waals surface area contributed by atoms with E-state index < -0.39 is 5.54 Å². The molecule has 0 unspecified atom stereocenters. The van der Waals surface area contributed by atoms with Gasteiger partial charge in [-0.3, -0.25) is 4.79 Å². The summed E-state index contributed by atoms with van der Waals surface area (Å²) in [6.07, 6.45) is 0.693. The molecule has 142 valence electrons. The van der Waals surface area contributed by atoms with Crippen LogP contribution in [-0.4, -0.2) is 35.5 Å². The van der Waals surface area contributed by atoms with E-state index in [2.05, 4.69) is 4.98 Å². The second-order valence-corrected chi connectivity index (χ2v) is 7.57. The van der Waals surface area contributed by atoms with Gasteiger partial charge in [-0.25, -0.2) is 9.69 Å². The van der Waals surface area contributed by atoms with Gasteiger partial charge in [0.25, 0.3) is 5.91 Å². The summed E-state index contributed by atoms with van der Waals surface area (Å²) in [7, 11) is 1.64. The van der Waals surface area contributed by atoms with Gasteiger partial charge in [-0.2, -0.15) is 0 Å². The van der Waals surface area contributed by atoms with Gasteiger partial charge < -0.3 is 14.6 Å². The van der Waals surface area contributed by atoms with E-state index in [0.717, 1.165) is 33.5 Å². The Balaban J connectivity index is 1.70. The Morgan fingerprint density at radius 3 is 2.68 bits per heavy atom. The van der Waals surface area contributed by atoms with Crippen molar-refractivity contribution in [3.8, 4) is 5.75 Å². The first-order chi connectivity index (χ1) is 13.5. The molecule has 6 heteroatoms. The maximum absolute atomic E-state index is 13.6. The molecule has 0 spiro atoms. The van der Waals surface area contributed by atoms with Crippen LogP contribution < -0.4 is 9.64 Å². The zero-order valence-corrected chi connectivity index (χ0v) is 16.1. The average molecular weight is 375 g/mol. The summed E-state index contributed by atoms with van der Waals surface area (Å²) in [5.41, 5.74) is 3.33.